The van der Waals surface area contributed by atoms with Crippen LogP contribution in [0.4, 0.5) is 0 Å². The highest BCUT2D eigenvalue weighted by atomic mass is 16.5. The van der Waals surface area contributed by atoms with E-state index >= 15 is 0 Å². The van der Waals surface area contributed by atoms with Gasteiger partial charge in [0.25, 0.3) is 0 Å². The number of hydroxylamine groups is 1. The smallest absolute Gasteiger partial charge is 0.243 e. The van der Waals surface area contributed by atoms with Gasteiger partial charge in [0, 0.05) is 6.42 Å². The van der Waals surface area contributed by atoms with Crippen LogP contribution in [0, 0.1) is 0 Å². The van der Waals surface area contributed by atoms with E-state index in [9.17, 15) is 4.79 Å². The first-order chi connectivity index (χ1) is 2.81. The van der Waals surface area contributed by atoms with E-state index in [-0.39, 0.29) is 13.3 Å². The summed E-state index contributed by atoms with van der Waals surface area (Å²) in [6.07, 6.45) is 0.330. The second-order valence-corrected chi connectivity index (χ2v) is 0.889. The van der Waals surface area contributed by atoms with Gasteiger partial charge in [-0.15, -0.1) is 0 Å². The Kier molecular flexibility index (Phi) is 7.49. The van der Waals surface area contributed by atoms with Gasteiger partial charge in [-0.25, -0.2) is 5.48 Å². The van der Waals surface area contributed by atoms with E-state index in [1.165, 1.54) is 5.48 Å². The lowest BCUT2D eigenvalue weighted by molar-refractivity contribution is -0.128. The molecule has 1 amide bonds. The maximum absolute atomic E-state index is 9.82. The number of amides is 1. The van der Waals surface area contributed by atoms with Gasteiger partial charge in [0.1, 0.15) is 0 Å². The van der Waals surface area contributed by atoms with Crippen LogP contribution in [0.3, 0.4) is 0 Å². The molecule has 0 spiro atoms. The van der Waals surface area contributed by atoms with E-state index in [0.717, 1.165) is 0 Å². The average molecular weight is 105 g/mol. The molecule has 3 heteroatoms. The molecule has 0 atom stereocenters. The van der Waals surface area contributed by atoms with E-state index in [2.05, 4.69) is 0 Å². The Bertz CT molecular complexity index is 47.7. The molecule has 0 aromatic carbocycles. The highest BCUT2D eigenvalue weighted by Crippen LogP contribution is 1.68. The van der Waals surface area contributed by atoms with Crippen LogP contribution in [0.5, 0.6) is 0 Å². The van der Waals surface area contributed by atoms with Crippen molar-refractivity contribution in [1.82, 2.24) is 5.48 Å². The highest BCUT2D eigenvalue weighted by Gasteiger charge is 1.86. The van der Waals surface area contributed by atoms with Gasteiger partial charge in [0.2, 0.25) is 5.91 Å². The monoisotopic (exact) mass is 105 g/mol. The second-order valence-electron chi connectivity index (χ2n) is 0.889. The van der Waals surface area contributed by atoms with Gasteiger partial charge in [0.15, 0.2) is 0 Å². The first-order valence-corrected chi connectivity index (χ1v) is 1.74. The number of hydrogen-bond donors (Lipinski definition) is 2. The van der Waals surface area contributed by atoms with Crippen LogP contribution in [-0.4, -0.2) is 11.1 Å². The van der Waals surface area contributed by atoms with Crippen LogP contribution in [0.25, 0.3) is 0 Å². The Morgan fingerprint density at radius 1 is 1.86 bits per heavy atom. The predicted octanol–water partition coefficient (Wildman–Crippen LogP) is 0.538. The third kappa shape index (κ3) is 5.43. The van der Waals surface area contributed by atoms with E-state index in [0.29, 0.717) is 6.42 Å². The third-order valence-corrected chi connectivity index (χ3v) is 0.446. The molecule has 0 unspecified atom stereocenters. The Balaban J connectivity index is 0. The topological polar surface area (TPSA) is 49.3 Å². The Labute approximate surface area is 43.3 Å². The van der Waals surface area contributed by atoms with Crippen LogP contribution in [0.1, 0.15) is 20.8 Å². The molecule has 3 nitrogen and oxygen atoms in total. The Morgan fingerprint density at radius 2 is 2.29 bits per heavy atom. The zero-order valence-electron chi connectivity index (χ0n) is 3.56. The summed E-state index contributed by atoms with van der Waals surface area (Å²) in [5.74, 6) is -0.352. The molecule has 0 aromatic rings. The quantitative estimate of drug-likeness (QED) is 0.377. The summed E-state index contributed by atoms with van der Waals surface area (Å²) >= 11 is 0. The summed E-state index contributed by atoms with van der Waals surface area (Å²) in [6.45, 7) is 1.66. The molecule has 0 heterocycles. The third-order valence-electron chi connectivity index (χ3n) is 0.446. The SMILES string of the molecule is C.CCC(=O)NO. The van der Waals surface area contributed by atoms with Crippen molar-refractivity contribution >= 4 is 5.91 Å². The van der Waals surface area contributed by atoms with Crippen LogP contribution in [0.2, 0.25) is 0 Å². The summed E-state index contributed by atoms with van der Waals surface area (Å²) in [4.78, 5) is 9.82. The Hall–Kier alpha value is -0.570. The molecule has 0 saturated carbocycles. The van der Waals surface area contributed by atoms with E-state index in [1.807, 2.05) is 0 Å². The molecule has 0 radical (unpaired) electrons. The number of hydrogen-bond acceptors (Lipinski definition) is 2. The van der Waals surface area contributed by atoms with Crippen molar-refractivity contribution in [1.29, 1.82) is 0 Å². The molecular weight excluding hydrogens is 94.0 g/mol. The fourth-order valence-electron chi connectivity index (χ4n) is 0.0791. The molecule has 0 aliphatic rings. The van der Waals surface area contributed by atoms with E-state index in [1.54, 1.807) is 6.92 Å². The lowest BCUT2D eigenvalue weighted by atomic mass is 10.5. The molecule has 0 saturated heterocycles. The summed E-state index contributed by atoms with van der Waals surface area (Å²) in [5, 5.41) is 7.74. The van der Waals surface area contributed by atoms with Crippen molar-refractivity contribution in [2.75, 3.05) is 0 Å². The largest absolute Gasteiger partial charge is 0.289 e. The first-order valence-electron chi connectivity index (χ1n) is 1.74. The molecule has 0 rings (SSSR count). The fourth-order valence-corrected chi connectivity index (χ4v) is 0.0791. The summed E-state index contributed by atoms with van der Waals surface area (Å²) in [5.41, 5.74) is 1.48. The van der Waals surface area contributed by atoms with Gasteiger partial charge in [0.05, 0.1) is 0 Å². The fraction of sp³-hybridized carbons (Fsp3) is 0.750. The minimum atomic E-state index is -0.352. The molecule has 0 fully saturated rings. The lowest BCUT2D eigenvalue weighted by Gasteiger charge is -1.85. The summed E-state index contributed by atoms with van der Waals surface area (Å²) in [6, 6.07) is 0. The normalized spacial score (nSPS) is 6.57. The number of carbonyl (C=O) groups is 1. The van der Waals surface area contributed by atoms with Gasteiger partial charge in [-0.1, -0.05) is 14.4 Å². The molecule has 2 N–H and O–H groups in total. The Morgan fingerprint density at radius 3 is 2.29 bits per heavy atom. The zero-order chi connectivity index (χ0) is 4.99. The lowest BCUT2D eigenvalue weighted by Crippen LogP contribution is -2.16. The summed E-state index contributed by atoms with van der Waals surface area (Å²) in [7, 11) is 0. The van der Waals surface area contributed by atoms with Crippen LogP contribution < -0.4 is 5.48 Å². The van der Waals surface area contributed by atoms with Gasteiger partial charge in [-0.2, -0.15) is 0 Å². The van der Waals surface area contributed by atoms with Crippen LogP contribution in [0.15, 0.2) is 0 Å². The average Bonchev–Trinajstić information content (AvgIpc) is 1.65. The summed E-state index contributed by atoms with van der Waals surface area (Å²) < 4.78 is 0. The van der Waals surface area contributed by atoms with E-state index in [4.69, 9.17) is 5.21 Å². The van der Waals surface area contributed by atoms with Crippen molar-refractivity contribution in [3.8, 4) is 0 Å². The van der Waals surface area contributed by atoms with Crippen LogP contribution >= 0.6 is 0 Å². The highest BCUT2D eigenvalue weighted by molar-refractivity contribution is 5.73. The molecule has 0 aliphatic heterocycles. The second kappa shape index (κ2) is 5.43. The first kappa shape index (κ1) is 9.66. The molecule has 7 heavy (non-hydrogen) atoms. The molecule has 44 valence electrons. The van der Waals surface area contributed by atoms with Crippen molar-refractivity contribution in [3.63, 3.8) is 0 Å². The number of nitrogens with one attached hydrogen (secondary N) is 1. The zero-order valence-corrected chi connectivity index (χ0v) is 3.56. The molecule has 0 aromatic heterocycles. The minimum Gasteiger partial charge on any atom is -0.289 e. The van der Waals surface area contributed by atoms with Crippen LogP contribution in [-0.2, 0) is 4.79 Å². The van der Waals surface area contributed by atoms with Gasteiger partial charge >= 0.3 is 0 Å². The van der Waals surface area contributed by atoms with Gasteiger partial charge < -0.3 is 0 Å². The maximum atomic E-state index is 9.82. The molecule has 0 bridgehead atoms. The van der Waals surface area contributed by atoms with Gasteiger partial charge in [-0.05, 0) is 0 Å². The molecular formula is C4H11NO2. The molecule has 0 aliphatic carbocycles. The maximum Gasteiger partial charge on any atom is 0.243 e. The van der Waals surface area contributed by atoms with Crippen molar-refractivity contribution in [2.24, 2.45) is 0 Å². The van der Waals surface area contributed by atoms with Gasteiger partial charge in [-0.3, -0.25) is 10.0 Å². The standard InChI is InChI=1S/C3H7NO2.CH4/c1-2-3(5)4-6;/h6H,2H2,1H3,(H,4,5);1H4. The van der Waals surface area contributed by atoms with Crippen molar-refractivity contribution in [3.05, 3.63) is 0 Å². The predicted molar refractivity (Wildman–Crippen MR) is 27.0 cm³/mol. The van der Waals surface area contributed by atoms with Crippen molar-refractivity contribution in [2.45, 2.75) is 20.8 Å². The van der Waals surface area contributed by atoms with E-state index < -0.39 is 0 Å². The minimum absolute atomic E-state index is 0. The van der Waals surface area contributed by atoms with Crippen molar-refractivity contribution < 1.29 is 10.0 Å². The number of rotatable bonds is 1. The number of carbonyl (C=O) groups excluding carboxylic acids is 1.